The lowest BCUT2D eigenvalue weighted by atomic mass is 10.0. The first-order valence-corrected chi connectivity index (χ1v) is 6.52. The van der Waals surface area contributed by atoms with Gasteiger partial charge in [-0.05, 0) is 38.5 Å². The Labute approximate surface area is 120 Å². The van der Waals surface area contributed by atoms with Gasteiger partial charge in [-0.1, -0.05) is 17.9 Å². The summed E-state index contributed by atoms with van der Waals surface area (Å²) < 4.78 is 5.24. The zero-order chi connectivity index (χ0) is 15.2. The molecule has 0 aliphatic heterocycles. The molecule has 0 aliphatic rings. The predicted molar refractivity (Wildman–Crippen MR) is 81.4 cm³/mol. The van der Waals surface area contributed by atoms with E-state index in [1.807, 2.05) is 39.0 Å². The summed E-state index contributed by atoms with van der Waals surface area (Å²) in [5.74, 6) is 5.73. The second-order valence-electron chi connectivity index (χ2n) is 5.22. The van der Waals surface area contributed by atoms with Gasteiger partial charge < -0.3 is 15.8 Å². The lowest BCUT2D eigenvalue weighted by molar-refractivity contribution is -0.121. The van der Waals surface area contributed by atoms with Gasteiger partial charge in [-0.2, -0.15) is 0 Å². The fourth-order valence-corrected chi connectivity index (χ4v) is 1.64. The molecule has 0 heterocycles. The molecule has 1 amide bonds. The van der Waals surface area contributed by atoms with Crippen molar-refractivity contribution in [1.29, 1.82) is 0 Å². The third-order valence-electron chi connectivity index (χ3n) is 2.99. The molecule has 3 N–H and O–H groups in total. The molecule has 0 fully saturated rings. The number of nitrogens with one attached hydrogen (secondary N) is 1. The number of methoxy groups -OCH3 is 1. The Morgan fingerprint density at radius 1 is 1.45 bits per heavy atom. The van der Waals surface area contributed by atoms with E-state index in [1.54, 1.807) is 7.11 Å². The molecule has 0 spiro atoms. The van der Waals surface area contributed by atoms with Crippen molar-refractivity contribution in [1.82, 2.24) is 0 Å². The maximum Gasteiger partial charge on any atom is 0.227 e. The number of anilines is 1. The summed E-state index contributed by atoms with van der Waals surface area (Å²) in [6.45, 7) is 6.04. The molecule has 0 aliphatic carbocycles. The molecule has 0 saturated heterocycles. The second-order valence-corrected chi connectivity index (χ2v) is 5.22. The zero-order valence-corrected chi connectivity index (χ0v) is 12.5. The summed E-state index contributed by atoms with van der Waals surface area (Å²) in [6, 6.07) is 5.65. The summed E-state index contributed by atoms with van der Waals surface area (Å²) >= 11 is 0. The molecule has 0 atom stereocenters. The van der Waals surface area contributed by atoms with E-state index in [0.29, 0.717) is 13.0 Å². The molecule has 0 bridgehead atoms. The Bertz CT molecular complexity index is 539. The van der Waals surface area contributed by atoms with Crippen molar-refractivity contribution < 1.29 is 9.53 Å². The molecule has 20 heavy (non-hydrogen) atoms. The van der Waals surface area contributed by atoms with Crippen LogP contribution in [-0.2, 0) is 9.53 Å². The Morgan fingerprint density at radius 3 is 2.75 bits per heavy atom. The van der Waals surface area contributed by atoms with Crippen molar-refractivity contribution in [2.75, 3.05) is 19.0 Å². The minimum atomic E-state index is -0.475. The van der Waals surface area contributed by atoms with E-state index in [0.717, 1.165) is 16.8 Å². The highest BCUT2D eigenvalue weighted by atomic mass is 16.5. The van der Waals surface area contributed by atoms with Gasteiger partial charge in [0.25, 0.3) is 0 Å². The van der Waals surface area contributed by atoms with Crippen LogP contribution in [0.5, 0.6) is 0 Å². The van der Waals surface area contributed by atoms with Crippen LogP contribution in [0.4, 0.5) is 5.69 Å². The van der Waals surface area contributed by atoms with E-state index in [1.165, 1.54) is 0 Å². The van der Waals surface area contributed by atoms with E-state index in [2.05, 4.69) is 17.2 Å². The number of aryl methyl sites for hydroxylation is 1. The average Bonchev–Trinajstić information content (AvgIpc) is 2.38. The number of ether oxygens (including phenoxy) is 1. The Morgan fingerprint density at radius 2 is 2.15 bits per heavy atom. The standard InChI is InChI=1S/C16H22N2O2/c1-12-7-8-14(10-13(12)6-5-9-17)18-15(19)11-16(2,3)20-4/h7-8,10H,9,11,17H2,1-4H3,(H,18,19). The number of carbonyl (C=O) groups is 1. The smallest absolute Gasteiger partial charge is 0.227 e. The van der Waals surface area contributed by atoms with Gasteiger partial charge in [0.1, 0.15) is 0 Å². The predicted octanol–water partition coefficient (Wildman–Crippen LogP) is 2.06. The first-order chi connectivity index (χ1) is 9.38. The lowest BCUT2D eigenvalue weighted by Crippen LogP contribution is -2.29. The van der Waals surface area contributed by atoms with Crippen LogP contribution in [0.15, 0.2) is 18.2 Å². The van der Waals surface area contributed by atoms with Crippen LogP contribution in [0.1, 0.15) is 31.4 Å². The zero-order valence-electron chi connectivity index (χ0n) is 12.5. The number of benzene rings is 1. The van der Waals surface area contributed by atoms with Gasteiger partial charge in [0.15, 0.2) is 0 Å². The van der Waals surface area contributed by atoms with Crippen molar-refractivity contribution in [2.24, 2.45) is 5.73 Å². The number of hydrogen-bond acceptors (Lipinski definition) is 3. The molecule has 4 heteroatoms. The molecular weight excluding hydrogens is 252 g/mol. The summed E-state index contributed by atoms with van der Waals surface area (Å²) in [5, 5.41) is 2.86. The molecule has 108 valence electrons. The van der Waals surface area contributed by atoms with Crippen LogP contribution in [0.3, 0.4) is 0 Å². The number of carbonyl (C=O) groups excluding carboxylic acids is 1. The van der Waals surface area contributed by atoms with Crippen molar-refractivity contribution in [3.63, 3.8) is 0 Å². The van der Waals surface area contributed by atoms with E-state index in [-0.39, 0.29) is 5.91 Å². The van der Waals surface area contributed by atoms with Crippen molar-refractivity contribution in [3.8, 4) is 11.8 Å². The summed E-state index contributed by atoms with van der Waals surface area (Å²) in [5.41, 5.74) is 7.56. The third kappa shape index (κ3) is 5.04. The fraction of sp³-hybridized carbons (Fsp3) is 0.438. The topological polar surface area (TPSA) is 64.3 Å². The Balaban J connectivity index is 2.81. The SMILES string of the molecule is COC(C)(C)CC(=O)Nc1ccc(C)c(C#CCN)c1. The number of hydrogen-bond donors (Lipinski definition) is 2. The first-order valence-electron chi connectivity index (χ1n) is 6.52. The van der Waals surface area contributed by atoms with Gasteiger partial charge in [0, 0.05) is 18.4 Å². The van der Waals surface area contributed by atoms with E-state index < -0.39 is 5.60 Å². The van der Waals surface area contributed by atoms with Crippen LogP contribution in [0, 0.1) is 18.8 Å². The molecule has 1 aromatic rings. The van der Waals surface area contributed by atoms with Gasteiger partial charge in [-0.3, -0.25) is 4.79 Å². The molecule has 0 saturated carbocycles. The number of nitrogens with two attached hydrogens (primary N) is 1. The van der Waals surface area contributed by atoms with Crippen LogP contribution in [0.25, 0.3) is 0 Å². The molecule has 4 nitrogen and oxygen atoms in total. The highest BCUT2D eigenvalue weighted by molar-refractivity contribution is 5.91. The molecular formula is C16H22N2O2. The molecule has 1 rings (SSSR count). The highest BCUT2D eigenvalue weighted by Crippen LogP contribution is 2.17. The van der Waals surface area contributed by atoms with Gasteiger partial charge in [0.05, 0.1) is 18.6 Å². The van der Waals surface area contributed by atoms with Crippen molar-refractivity contribution in [3.05, 3.63) is 29.3 Å². The molecule has 0 unspecified atom stereocenters. The second kappa shape index (κ2) is 7.09. The average molecular weight is 274 g/mol. The summed E-state index contributed by atoms with van der Waals surface area (Å²) in [6.07, 6.45) is 0.293. The van der Waals surface area contributed by atoms with E-state index in [9.17, 15) is 4.79 Å². The van der Waals surface area contributed by atoms with Crippen LogP contribution < -0.4 is 11.1 Å². The third-order valence-corrected chi connectivity index (χ3v) is 2.99. The lowest BCUT2D eigenvalue weighted by Gasteiger charge is -2.22. The molecule has 1 aromatic carbocycles. The Kier molecular flexibility index (Phi) is 5.75. The maximum absolute atomic E-state index is 12.0. The van der Waals surface area contributed by atoms with Crippen LogP contribution in [0.2, 0.25) is 0 Å². The van der Waals surface area contributed by atoms with Crippen molar-refractivity contribution >= 4 is 11.6 Å². The van der Waals surface area contributed by atoms with Crippen LogP contribution >= 0.6 is 0 Å². The maximum atomic E-state index is 12.0. The van der Waals surface area contributed by atoms with Gasteiger partial charge in [0.2, 0.25) is 5.91 Å². The monoisotopic (exact) mass is 274 g/mol. The summed E-state index contributed by atoms with van der Waals surface area (Å²) in [4.78, 5) is 12.0. The summed E-state index contributed by atoms with van der Waals surface area (Å²) in [7, 11) is 1.60. The van der Waals surface area contributed by atoms with Gasteiger partial charge in [-0.15, -0.1) is 0 Å². The van der Waals surface area contributed by atoms with Gasteiger partial charge in [-0.25, -0.2) is 0 Å². The van der Waals surface area contributed by atoms with E-state index in [4.69, 9.17) is 10.5 Å². The van der Waals surface area contributed by atoms with E-state index >= 15 is 0 Å². The minimum Gasteiger partial charge on any atom is -0.378 e. The molecule has 0 radical (unpaired) electrons. The largest absolute Gasteiger partial charge is 0.378 e. The highest BCUT2D eigenvalue weighted by Gasteiger charge is 2.21. The van der Waals surface area contributed by atoms with Crippen molar-refractivity contribution in [2.45, 2.75) is 32.8 Å². The molecule has 0 aromatic heterocycles. The first kappa shape index (κ1) is 16.2. The fourth-order valence-electron chi connectivity index (χ4n) is 1.64. The quantitative estimate of drug-likeness (QED) is 0.826. The number of amides is 1. The van der Waals surface area contributed by atoms with Crippen LogP contribution in [-0.4, -0.2) is 25.2 Å². The minimum absolute atomic E-state index is 0.0848. The Hall–Kier alpha value is -1.83. The normalized spacial score (nSPS) is 10.7. The number of rotatable bonds is 4. The van der Waals surface area contributed by atoms with Gasteiger partial charge >= 0.3 is 0 Å².